The largest absolute Gasteiger partial charge is 0.496 e. The van der Waals surface area contributed by atoms with Gasteiger partial charge in [-0.1, -0.05) is 20.8 Å². The Bertz CT molecular complexity index is 1110. The van der Waals surface area contributed by atoms with Gasteiger partial charge in [-0.2, -0.15) is 0 Å². The lowest BCUT2D eigenvalue weighted by Crippen LogP contribution is -2.63. The Balaban J connectivity index is 1.59. The van der Waals surface area contributed by atoms with Gasteiger partial charge in [0.05, 0.1) is 19.5 Å². The molecule has 1 aromatic carbocycles. The van der Waals surface area contributed by atoms with Crippen molar-refractivity contribution in [3.63, 3.8) is 0 Å². The second-order valence-electron chi connectivity index (χ2n) is 10.3. The minimum absolute atomic E-state index is 0.0336. The van der Waals surface area contributed by atoms with Crippen LogP contribution < -0.4 is 4.74 Å². The molecule has 1 aromatic heterocycles. The Hall–Kier alpha value is -3.16. The fraction of sp³-hybridized carbons (Fsp3) is 0.480. The topological polar surface area (TPSA) is 89.5 Å². The van der Waals surface area contributed by atoms with Crippen molar-refractivity contribution in [1.82, 2.24) is 14.9 Å². The molecule has 1 amide bonds. The number of nitrogens with zero attached hydrogens (tertiary/aromatic N) is 3. The van der Waals surface area contributed by atoms with Crippen LogP contribution in [-0.4, -0.2) is 52.5 Å². The van der Waals surface area contributed by atoms with Gasteiger partial charge >= 0.3 is 0 Å². The van der Waals surface area contributed by atoms with Gasteiger partial charge in [-0.15, -0.1) is 0 Å². The maximum absolute atomic E-state index is 13.3. The summed E-state index contributed by atoms with van der Waals surface area (Å²) in [5, 5.41) is 0. The van der Waals surface area contributed by atoms with Gasteiger partial charge < -0.3 is 9.64 Å². The van der Waals surface area contributed by atoms with E-state index in [2.05, 4.69) is 9.97 Å². The molecule has 2 aromatic rings. The molecule has 0 radical (unpaired) electrons. The third-order valence-corrected chi connectivity index (χ3v) is 6.46. The van der Waals surface area contributed by atoms with Crippen molar-refractivity contribution >= 4 is 17.5 Å². The van der Waals surface area contributed by atoms with Crippen LogP contribution >= 0.6 is 0 Å². The summed E-state index contributed by atoms with van der Waals surface area (Å²) in [6.07, 6.45) is 2.67. The lowest BCUT2D eigenvalue weighted by molar-refractivity contribution is -0.160. The number of carbonyl (C=O) groups excluding carboxylic acids is 3. The summed E-state index contributed by atoms with van der Waals surface area (Å²) in [4.78, 5) is 48.8. The standard InChI is InChI=1S/C25H28FN3O4/c1-14-6-15(22-27-10-16(26)11-28-22)7-19(33-5)20(14)21-17(30)8-25(9-18(21)31)12-29(13-25)23(32)24(2,3)4/h6-7,10-11,21H,8-9,12-13H2,1-5H3. The van der Waals surface area contributed by atoms with Crippen molar-refractivity contribution in [3.05, 3.63) is 41.5 Å². The number of ether oxygens (including phenoxy) is 1. The predicted molar refractivity (Wildman–Crippen MR) is 119 cm³/mol. The Morgan fingerprint density at radius 2 is 1.70 bits per heavy atom. The maximum atomic E-state index is 13.3. The quantitative estimate of drug-likeness (QED) is 0.661. The molecule has 0 atom stereocenters. The average molecular weight is 454 g/mol. The van der Waals surface area contributed by atoms with Crippen LogP contribution in [0.15, 0.2) is 24.5 Å². The lowest BCUT2D eigenvalue weighted by atomic mass is 9.63. The molecule has 0 unspecified atom stereocenters. The van der Waals surface area contributed by atoms with Crippen LogP contribution in [0.1, 0.15) is 50.7 Å². The first-order valence-electron chi connectivity index (χ1n) is 11.0. The monoisotopic (exact) mass is 453 g/mol. The van der Waals surface area contributed by atoms with Gasteiger partial charge in [0.25, 0.3) is 0 Å². The van der Waals surface area contributed by atoms with Crippen LogP contribution in [0.2, 0.25) is 0 Å². The van der Waals surface area contributed by atoms with Crippen molar-refractivity contribution in [2.75, 3.05) is 20.2 Å². The minimum Gasteiger partial charge on any atom is -0.496 e. The number of hydrogen-bond donors (Lipinski definition) is 0. The molecular formula is C25H28FN3O4. The number of halogens is 1. The molecule has 2 fully saturated rings. The van der Waals surface area contributed by atoms with Crippen molar-refractivity contribution in [3.8, 4) is 17.1 Å². The van der Waals surface area contributed by atoms with E-state index in [1.807, 2.05) is 27.7 Å². The van der Waals surface area contributed by atoms with Crippen LogP contribution in [0.25, 0.3) is 11.4 Å². The van der Waals surface area contributed by atoms with Gasteiger partial charge in [0.2, 0.25) is 5.91 Å². The third-order valence-electron chi connectivity index (χ3n) is 6.46. The summed E-state index contributed by atoms with van der Waals surface area (Å²) in [7, 11) is 1.48. The highest BCUT2D eigenvalue weighted by Crippen LogP contribution is 2.48. The predicted octanol–water partition coefficient (Wildman–Crippen LogP) is 3.49. The number of hydrogen-bond acceptors (Lipinski definition) is 6. The van der Waals surface area contributed by atoms with E-state index in [4.69, 9.17) is 4.74 Å². The molecule has 1 saturated heterocycles. The summed E-state index contributed by atoms with van der Waals surface area (Å²) in [6.45, 7) is 8.27. The molecule has 0 N–H and O–H groups in total. The summed E-state index contributed by atoms with van der Waals surface area (Å²) in [5.41, 5.74) is 0.908. The number of ketones is 2. The fourth-order valence-electron chi connectivity index (χ4n) is 5.01. The highest BCUT2D eigenvalue weighted by Gasteiger charge is 2.54. The first kappa shape index (κ1) is 23.0. The van der Waals surface area contributed by atoms with Crippen molar-refractivity contribution in [2.24, 2.45) is 10.8 Å². The normalized spacial score (nSPS) is 18.4. The molecule has 1 aliphatic carbocycles. The van der Waals surface area contributed by atoms with E-state index in [9.17, 15) is 18.8 Å². The van der Waals surface area contributed by atoms with E-state index in [0.29, 0.717) is 41.4 Å². The fourth-order valence-corrected chi connectivity index (χ4v) is 5.01. The van der Waals surface area contributed by atoms with Gasteiger partial charge in [0.1, 0.15) is 23.2 Å². The lowest BCUT2D eigenvalue weighted by Gasteiger charge is -2.53. The van der Waals surface area contributed by atoms with E-state index in [0.717, 1.165) is 12.4 Å². The van der Waals surface area contributed by atoms with Gasteiger partial charge in [-0.3, -0.25) is 14.4 Å². The zero-order valence-electron chi connectivity index (χ0n) is 19.6. The molecule has 4 rings (SSSR count). The second-order valence-corrected chi connectivity index (χ2v) is 10.3. The highest BCUT2D eigenvalue weighted by molar-refractivity contribution is 6.11. The van der Waals surface area contributed by atoms with E-state index >= 15 is 0 Å². The van der Waals surface area contributed by atoms with Crippen molar-refractivity contribution in [1.29, 1.82) is 0 Å². The molecule has 7 nitrogen and oxygen atoms in total. The average Bonchev–Trinajstić information content (AvgIpc) is 2.71. The SMILES string of the molecule is COc1cc(-c2ncc(F)cn2)cc(C)c1C1C(=O)CC2(CC1=O)CN(C(=O)C(C)(C)C)C2. The van der Waals surface area contributed by atoms with Gasteiger partial charge in [0, 0.05) is 47.9 Å². The summed E-state index contributed by atoms with van der Waals surface area (Å²) >= 11 is 0. The highest BCUT2D eigenvalue weighted by atomic mass is 19.1. The Morgan fingerprint density at radius 3 is 2.21 bits per heavy atom. The first-order valence-corrected chi connectivity index (χ1v) is 11.0. The van der Waals surface area contributed by atoms with Crippen LogP contribution in [0.3, 0.4) is 0 Å². The van der Waals surface area contributed by atoms with E-state index in [1.165, 1.54) is 7.11 Å². The number of aryl methyl sites for hydroxylation is 1. The number of Topliss-reactive ketones (excluding diaryl/α,β-unsaturated/α-hetero) is 2. The van der Waals surface area contributed by atoms with Gasteiger partial charge in [-0.25, -0.2) is 14.4 Å². The summed E-state index contributed by atoms with van der Waals surface area (Å²) in [6, 6.07) is 3.46. The Labute approximate surface area is 192 Å². The minimum atomic E-state index is -0.902. The van der Waals surface area contributed by atoms with Gasteiger partial charge in [-0.05, 0) is 24.6 Å². The van der Waals surface area contributed by atoms with Crippen molar-refractivity contribution in [2.45, 2.75) is 46.5 Å². The van der Waals surface area contributed by atoms with Gasteiger partial charge in [0.15, 0.2) is 11.6 Å². The molecule has 1 saturated carbocycles. The van der Waals surface area contributed by atoms with Crippen LogP contribution in [-0.2, 0) is 14.4 Å². The third kappa shape index (κ3) is 4.14. The number of methoxy groups -OCH3 is 1. The van der Waals surface area contributed by atoms with E-state index in [-0.39, 0.29) is 30.3 Å². The zero-order chi connectivity index (χ0) is 24.1. The molecule has 174 valence electrons. The number of likely N-dealkylation sites (tertiary alicyclic amines) is 1. The van der Waals surface area contributed by atoms with E-state index < -0.39 is 22.6 Å². The van der Waals surface area contributed by atoms with E-state index in [1.54, 1.807) is 17.0 Å². The van der Waals surface area contributed by atoms with Crippen LogP contribution in [0, 0.1) is 23.6 Å². The Kier molecular flexibility index (Phi) is 5.58. The molecule has 2 heterocycles. The van der Waals surface area contributed by atoms with Crippen LogP contribution in [0.4, 0.5) is 4.39 Å². The number of carbonyl (C=O) groups is 3. The molecule has 1 spiro atoms. The number of amides is 1. The first-order chi connectivity index (χ1) is 15.4. The maximum Gasteiger partial charge on any atom is 0.227 e. The molecule has 33 heavy (non-hydrogen) atoms. The second kappa shape index (κ2) is 8.01. The number of aromatic nitrogens is 2. The van der Waals surface area contributed by atoms with Crippen LogP contribution in [0.5, 0.6) is 5.75 Å². The molecular weight excluding hydrogens is 425 g/mol. The molecule has 0 bridgehead atoms. The number of benzene rings is 1. The molecule has 2 aliphatic rings. The smallest absolute Gasteiger partial charge is 0.227 e. The summed E-state index contributed by atoms with van der Waals surface area (Å²) in [5.74, 6) is -0.985. The molecule has 1 aliphatic heterocycles. The number of rotatable bonds is 3. The molecule has 8 heteroatoms. The Morgan fingerprint density at radius 1 is 1.12 bits per heavy atom. The zero-order valence-corrected chi connectivity index (χ0v) is 19.6. The summed E-state index contributed by atoms with van der Waals surface area (Å²) < 4.78 is 18.8. The van der Waals surface area contributed by atoms with Crippen molar-refractivity contribution < 1.29 is 23.5 Å².